The number of aromatic nitrogens is 1. The molecule has 2 aromatic rings. The molecule has 0 saturated carbocycles. The standard InChI is InChI=1S/C12H13NO3/c1-2-4-12(15)16-13-8-7-9-10(13)5-3-6-11(9)14/h3,5-8,14H,2,4H2,1H3. The number of aromatic hydroxyl groups is 1. The molecule has 0 bridgehead atoms. The summed E-state index contributed by atoms with van der Waals surface area (Å²) in [6.45, 7) is 1.92. The number of fused-ring (bicyclic) bond motifs is 1. The molecule has 0 saturated heterocycles. The van der Waals surface area contributed by atoms with E-state index in [0.29, 0.717) is 17.3 Å². The maximum atomic E-state index is 11.3. The summed E-state index contributed by atoms with van der Waals surface area (Å²) in [5.74, 6) is -0.0915. The highest BCUT2D eigenvalue weighted by molar-refractivity contribution is 5.86. The van der Waals surface area contributed by atoms with Gasteiger partial charge in [-0.1, -0.05) is 13.0 Å². The van der Waals surface area contributed by atoms with Crippen molar-refractivity contribution in [2.24, 2.45) is 0 Å². The molecule has 1 aromatic carbocycles. The van der Waals surface area contributed by atoms with Crippen LogP contribution in [0.2, 0.25) is 0 Å². The number of phenolic OH excluding ortho intramolecular Hbond substituents is 1. The van der Waals surface area contributed by atoms with Crippen LogP contribution < -0.4 is 4.84 Å². The molecule has 0 radical (unpaired) electrons. The second kappa shape index (κ2) is 4.26. The highest BCUT2D eigenvalue weighted by Crippen LogP contribution is 2.24. The van der Waals surface area contributed by atoms with Gasteiger partial charge in [-0.15, -0.1) is 0 Å². The van der Waals surface area contributed by atoms with Crippen molar-refractivity contribution in [3.8, 4) is 5.75 Å². The largest absolute Gasteiger partial charge is 0.507 e. The molecule has 0 aliphatic rings. The van der Waals surface area contributed by atoms with Crippen molar-refractivity contribution < 1.29 is 14.7 Å². The number of nitrogens with zero attached hydrogens (tertiary/aromatic N) is 1. The van der Waals surface area contributed by atoms with Gasteiger partial charge in [0.05, 0.1) is 5.52 Å². The Balaban J connectivity index is 2.32. The van der Waals surface area contributed by atoms with Gasteiger partial charge in [-0.25, -0.2) is 4.79 Å². The summed E-state index contributed by atoms with van der Waals surface area (Å²) < 4.78 is 1.38. The molecule has 4 nitrogen and oxygen atoms in total. The number of rotatable bonds is 3. The van der Waals surface area contributed by atoms with Gasteiger partial charge in [-0.3, -0.25) is 0 Å². The van der Waals surface area contributed by atoms with E-state index in [1.54, 1.807) is 30.5 Å². The molecule has 0 spiro atoms. The fourth-order valence-corrected chi connectivity index (χ4v) is 1.57. The maximum absolute atomic E-state index is 11.3. The lowest BCUT2D eigenvalue weighted by Gasteiger charge is -2.05. The lowest BCUT2D eigenvalue weighted by atomic mass is 10.2. The van der Waals surface area contributed by atoms with Gasteiger partial charge in [0.25, 0.3) is 0 Å². The van der Waals surface area contributed by atoms with Crippen LogP contribution in [-0.2, 0) is 4.79 Å². The SMILES string of the molecule is CCCC(=O)On1ccc2c(O)cccc21. The van der Waals surface area contributed by atoms with Gasteiger partial charge in [0.2, 0.25) is 0 Å². The molecular weight excluding hydrogens is 206 g/mol. The third-order valence-corrected chi connectivity index (χ3v) is 2.33. The molecule has 1 aromatic heterocycles. The van der Waals surface area contributed by atoms with Crippen LogP contribution in [0.15, 0.2) is 30.5 Å². The van der Waals surface area contributed by atoms with Crippen molar-refractivity contribution in [2.45, 2.75) is 19.8 Å². The first-order chi connectivity index (χ1) is 7.72. The van der Waals surface area contributed by atoms with E-state index in [1.807, 2.05) is 6.92 Å². The summed E-state index contributed by atoms with van der Waals surface area (Å²) in [6.07, 6.45) is 2.76. The number of carbonyl (C=O) groups is 1. The van der Waals surface area contributed by atoms with Gasteiger partial charge in [-0.2, -0.15) is 4.73 Å². The molecule has 0 fully saturated rings. The summed E-state index contributed by atoms with van der Waals surface area (Å²) in [5, 5.41) is 10.2. The molecule has 16 heavy (non-hydrogen) atoms. The highest BCUT2D eigenvalue weighted by Gasteiger charge is 2.08. The molecule has 0 aliphatic heterocycles. The van der Waals surface area contributed by atoms with Crippen LogP contribution in [0.1, 0.15) is 19.8 Å². The van der Waals surface area contributed by atoms with E-state index >= 15 is 0 Å². The molecule has 0 amide bonds. The zero-order chi connectivity index (χ0) is 11.5. The number of benzene rings is 1. The first-order valence-electron chi connectivity index (χ1n) is 5.22. The fraction of sp³-hybridized carbons (Fsp3) is 0.250. The van der Waals surface area contributed by atoms with Crippen molar-refractivity contribution in [3.63, 3.8) is 0 Å². The van der Waals surface area contributed by atoms with Crippen LogP contribution in [0.3, 0.4) is 0 Å². The highest BCUT2D eigenvalue weighted by atomic mass is 16.7. The minimum absolute atomic E-state index is 0.183. The van der Waals surface area contributed by atoms with Gasteiger partial charge < -0.3 is 9.94 Å². The van der Waals surface area contributed by atoms with E-state index in [0.717, 1.165) is 6.42 Å². The Morgan fingerprint density at radius 1 is 1.44 bits per heavy atom. The van der Waals surface area contributed by atoms with E-state index in [1.165, 1.54) is 4.73 Å². The minimum atomic E-state index is -0.275. The summed E-state index contributed by atoms with van der Waals surface area (Å²) >= 11 is 0. The molecule has 2 rings (SSSR count). The van der Waals surface area contributed by atoms with Crippen molar-refractivity contribution in [1.82, 2.24) is 4.73 Å². The number of hydrogen-bond donors (Lipinski definition) is 1. The minimum Gasteiger partial charge on any atom is -0.507 e. The van der Waals surface area contributed by atoms with Gasteiger partial charge in [-0.05, 0) is 24.6 Å². The van der Waals surface area contributed by atoms with Gasteiger partial charge >= 0.3 is 5.97 Å². The molecule has 84 valence electrons. The Labute approximate surface area is 93.0 Å². The second-order valence-electron chi connectivity index (χ2n) is 3.56. The molecular formula is C12H13NO3. The van der Waals surface area contributed by atoms with Crippen molar-refractivity contribution >= 4 is 16.9 Å². The Morgan fingerprint density at radius 2 is 2.25 bits per heavy atom. The Kier molecular flexibility index (Phi) is 2.81. The fourth-order valence-electron chi connectivity index (χ4n) is 1.57. The average Bonchev–Trinajstić information content (AvgIpc) is 2.64. The Hall–Kier alpha value is -1.97. The van der Waals surface area contributed by atoms with E-state index < -0.39 is 0 Å². The first-order valence-corrected chi connectivity index (χ1v) is 5.22. The lowest BCUT2D eigenvalue weighted by molar-refractivity contribution is -0.143. The van der Waals surface area contributed by atoms with Crippen LogP contribution in [0, 0.1) is 0 Å². The topological polar surface area (TPSA) is 51.5 Å². The van der Waals surface area contributed by atoms with E-state index in [9.17, 15) is 9.90 Å². The maximum Gasteiger partial charge on any atom is 0.332 e. The Morgan fingerprint density at radius 3 is 3.00 bits per heavy atom. The van der Waals surface area contributed by atoms with Crippen molar-refractivity contribution in [3.05, 3.63) is 30.5 Å². The predicted octanol–water partition coefficient (Wildman–Crippen LogP) is 2.10. The van der Waals surface area contributed by atoms with E-state index in [-0.39, 0.29) is 11.7 Å². The van der Waals surface area contributed by atoms with Gasteiger partial charge in [0.1, 0.15) is 5.75 Å². The molecule has 4 heteroatoms. The number of phenols is 1. The van der Waals surface area contributed by atoms with E-state index in [4.69, 9.17) is 4.84 Å². The molecule has 0 aliphatic carbocycles. The third kappa shape index (κ3) is 1.86. The van der Waals surface area contributed by atoms with Crippen LogP contribution in [-0.4, -0.2) is 15.8 Å². The summed E-state index contributed by atoms with van der Waals surface area (Å²) in [5.41, 5.74) is 0.685. The third-order valence-electron chi connectivity index (χ3n) is 2.33. The summed E-state index contributed by atoms with van der Waals surface area (Å²) in [7, 11) is 0. The zero-order valence-electron chi connectivity index (χ0n) is 9.01. The van der Waals surface area contributed by atoms with Gasteiger partial charge in [0, 0.05) is 18.0 Å². The quantitative estimate of drug-likeness (QED) is 0.860. The van der Waals surface area contributed by atoms with Gasteiger partial charge in [0.15, 0.2) is 0 Å². The van der Waals surface area contributed by atoms with Crippen molar-refractivity contribution in [1.29, 1.82) is 0 Å². The van der Waals surface area contributed by atoms with Crippen LogP contribution in [0.25, 0.3) is 10.9 Å². The monoisotopic (exact) mass is 219 g/mol. The number of hydrogen-bond acceptors (Lipinski definition) is 3. The molecule has 0 atom stereocenters. The first kappa shape index (κ1) is 10.5. The zero-order valence-corrected chi connectivity index (χ0v) is 9.01. The average molecular weight is 219 g/mol. The normalized spacial score (nSPS) is 10.6. The smallest absolute Gasteiger partial charge is 0.332 e. The summed E-state index contributed by atoms with van der Waals surface area (Å²) in [6, 6.07) is 6.81. The second-order valence-corrected chi connectivity index (χ2v) is 3.56. The van der Waals surface area contributed by atoms with Crippen LogP contribution >= 0.6 is 0 Å². The van der Waals surface area contributed by atoms with E-state index in [2.05, 4.69) is 0 Å². The number of carbonyl (C=O) groups excluding carboxylic acids is 1. The predicted molar refractivity (Wildman–Crippen MR) is 60.1 cm³/mol. The summed E-state index contributed by atoms with van der Waals surface area (Å²) in [4.78, 5) is 16.5. The van der Waals surface area contributed by atoms with Crippen LogP contribution in [0.4, 0.5) is 0 Å². The molecule has 0 unspecified atom stereocenters. The molecule has 1 N–H and O–H groups in total. The Bertz CT molecular complexity index is 516. The molecule has 1 heterocycles. The lowest BCUT2D eigenvalue weighted by Crippen LogP contribution is -2.18. The van der Waals surface area contributed by atoms with Crippen molar-refractivity contribution in [2.75, 3.05) is 0 Å². The van der Waals surface area contributed by atoms with Crippen LogP contribution in [0.5, 0.6) is 5.75 Å².